The Morgan fingerprint density at radius 1 is 1.14 bits per heavy atom. The Morgan fingerprint density at radius 2 is 1.64 bits per heavy atom. The molecule has 86 valence electrons. The van der Waals surface area contributed by atoms with E-state index in [9.17, 15) is 8.42 Å². The SMILES string of the molecule is CC(C)C(Br)CCCS(=O)(=O)C(C)C. The minimum atomic E-state index is -2.84. The van der Waals surface area contributed by atoms with Crippen molar-refractivity contribution in [2.45, 2.75) is 50.6 Å². The molecule has 1 atom stereocenters. The van der Waals surface area contributed by atoms with E-state index >= 15 is 0 Å². The minimum absolute atomic E-state index is 0.240. The Bertz CT molecular complexity index is 245. The van der Waals surface area contributed by atoms with Gasteiger partial charge < -0.3 is 0 Å². The third kappa shape index (κ3) is 5.35. The van der Waals surface area contributed by atoms with Gasteiger partial charge in [-0.1, -0.05) is 29.8 Å². The fourth-order valence-electron chi connectivity index (χ4n) is 1.05. The molecule has 4 heteroatoms. The predicted octanol–water partition coefficient (Wildman–Crippen LogP) is 3.01. The first kappa shape index (κ1) is 14.4. The third-order valence-electron chi connectivity index (χ3n) is 2.35. The van der Waals surface area contributed by atoms with Crippen LogP contribution in [-0.4, -0.2) is 24.2 Å². The monoisotopic (exact) mass is 284 g/mol. The van der Waals surface area contributed by atoms with Gasteiger partial charge in [-0.3, -0.25) is 0 Å². The Labute approximate surface area is 96.5 Å². The van der Waals surface area contributed by atoms with Gasteiger partial charge in [0.2, 0.25) is 0 Å². The lowest BCUT2D eigenvalue weighted by Gasteiger charge is -2.13. The van der Waals surface area contributed by atoms with Crippen LogP contribution in [0.4, 0.5) is 0 Å². The molecule has 0 aromatic rings. The summed E-state index contributed by atoms with van der Waals surface area (Å²) in [4.78, 5) is 0.435. The van der Waals surface area contributed by atoms with Gasteiger partial charge in [0.15, 0.2) is 9.84 Å². The van der Waals surface area contributed by atoms with E-state index in [0.29, 0.717) is 16.5 Å². The Kier molecular flexibility index (Phi) is 6.30. The van der Waals surface area contributed by atoms with Crippen LogP contribution in [0, 0.1) is 5.92 Å². The van der Waals surface area contributed by atoms with Gasteiger partial charge >= 0.3 is 0 Å². The fraction of sp³-hybridized carbons (Fsp3) is 1.00. The zero-order valence-corrected chi connectivity index (χ0v) is 11.9. The Morgan fingerprint density at radius 3 is 2.00 bits per heavy atom. The summed E-state index contributed by atoms with van der Waals surface area (Å²) in [5.41, 5.74) is 0. The Balaban J connectivity index is 3.86. The molecular weight excluding hydrogens is 264 g/mol. The van der Waals surface area contributed by atoms with E-state index < -0.39 is 9.84 Å². The summed E-state index contributed by atoms with van der Waals surface area (Å²) in [6.07, 6.45) is 1.69. The van der Waals surface area contributed by atoms with Crippen LogP contribution < -0.4 is 0 Å². The molecule has 0 aliphatic heterocycles. The molecule has 2 nitrogen and oxygen atoms in total. The van der Waals surface area contributed by atoms with Crippen LogP contribution in [0.3, 0.4) is 0 Å². The molecule has 14 heavy (non-hydrogen) atoms. The molecule has 1 unspecified atom stereocenters. The van der Waals surface area contributed by atoms with Gasteiger partial charge in [0.1, 0.15) is 0 Å². The molecule has 0 amide bonds. The van der Waals surface area contributed by atoms with Gasteiger partial charge in [0.05, 0.1) is 11.0 Å². The molecular formula is C10H21BrO2S. The molecule has 0 radical (unpaired) electrons. The molecule has 0 saturated carbocycles. The second kappa shape index (κ2) is 6.11. The first-order valence-corrected chi connectivity index (χ1v) is 7.76. The van der Waals surface area contributed by atoms with Gasteiger partial charge in [-0.05, 0) is 32.6 Å². The van der Waals surface area contributed by atoms with E-state index in [1.807, 2.05) is 0 Å². The molecule has 0 spiro atoms. The molecule has 0 N–H and O–H groups in total. The molecule has 0 aromatic carbocycles. The average molecular weight is 285 g/mol. The highest BCUT2D eigenvalue weighted by atomic mass is 79.9. The maximum Gasteiger partial charge on any atom is 0.152 e. The van der Waals surface area contributed by atoms with Crippen LogP contribution in [0.5, 0.6) is 0 Å². The lowest BCUT2D eigenvalue weighted by Crippen LogP contribution is -2.19. The maximum atomic E-state index is 11.5. The number of hydrogen-bond acceptors (Lipinski definition) is 2. The molecule has 0 heterocycles. The summed E-state index contributed by atoms with van der Waals surface area (Å²) in [5, 5.41) is -0.240. The summed E-state index contributed by atoms with van der Waals surface area (Å²) in [7, 11) is -2.84. The Hall–Kier alpha value is 0.430. The lowest BCUT2D eigenvalue weighted by atomic mass is 10.1. The van der Waals surface area contributed by atoms with Crippen molar-refractivity contribution in [1.82, 2.24) is 0 Å². The normalized spacial score (nSPS) is 15.1. The van der Waals surface area contributed by atoms with Crippen LogP contribution in [0.25, 0.3) is 0 Å². The van der Waals surface area contributed by atoms with Crippen LogP contribution >= 0.6 is 15.9 Å². The maximum absolute atomic E-state index is 11.5. The van der Waals surface area contributed by atoms with Crippen molar-refractivity contribution >= 4 is 25.8 Å². The highest BCUT2D eigenvalue weighted by Gasteiger charge is 2.17. The van der Waals surface area contributed by atoms with Crippen molar-refractivity contribution in [3.63, 3.8) is 0 Å². The van der Waals surface area contributed by atoms with Crippen molar-refractivity contribution in [3.8, 4) is 0 Å². The number of hydrogen-bond donors (Lipinski definition) is 0. The van der Waals surface area contributed by atoms with Crippen molar-refractivity contribution < 1.29 is 8.42 Å². The number of sulfone groups is 1. The molecule has 0 fully saturated rings. The third-order valence-corrected chi connectivity index (χ3v) is 6.16. The van der Waals surface area contributed by atoms with Crippen molar-refractivity contribution in [3.05, 3.63) is 0 Å². The highest BCUT2D eigenvalue weighted by Crippen LogP contribution is 2.18. The van der Waals surface area contributed by atoms with E-state index in [2.05, 4.69) is 29.8 Å². The second-order valence-electron chi connectivity index (χ2n) is 4.32. The van der Waals surface area contributed by atoms with Gasteiger partial charge in [-0.25, -0.2) is 8.42 Å². The molecule has 0 aliphatic rings. The van der Waals surface area contributed by atoms with Crippen LogP contribution in [0.2, 0.25) is 0 Å². The topological polar surface area (TPSA) is 34.1 Å². The van der Waals surface area contributed by atoms with Crippen molar-refractivity contribution in [2.75, 3.05) is 5.75 Å². The minimum Gasteiger partial charge on any atom is -0.229 e. The molecule has 0 aromatic heterocycles. The number of alkyl halides is 1. The van der Waals surface area contributed by atoms with E-state index in [-0.39, 0.29) is 5.25 Å². The summed E-state index contributed by atoms with van der Waals surface area (Å²) in [5.74, 6) is 0.885. The van der Waals surface area contributed by atoms with E-state index in [1.165, 1.54) is 0 Å². The van der Waals surface area contributed by atoms with Gasteiger partial charge in [0.25, 0.3) is 0 Å². The van der Waals surface area contributed by atoms with Gasteiger partial charge in [0, 0.05) is 4.83 Å². The molecule has 0 aliphatic carbocycles. The predicted molar refractivity (Wildman–Crippen MR) is 65.7 cm³/mol. The summed E-state index contributed by atoms with van der Waals surface area (Å²) >= 11 is 3.55. The molecule has 0 rings (SSSR count). The zero-order valence-electron chi connectivity index (χ0n) is 9.46. The van der Waals surface area contributed by atoms with E-state index in [1.54, 1.807) is 13.8 Å². The largest absolute Gasteiger partial charge is 0.229 e. The van der Waals surface area contributed by atoms with Crippen molar-refractivity contribution in [2.24, 2.45) is 5.92 Å². The summed E-state index contributed by atoms with van der Waals surface area (Å²) < 4.78 is 22.9. The molecule has 0 bridgehead atoms. The second-order valence-corrected chi connectivity index (χ2v) is 8.17. The fourth-order valence-corrected chi connectivity index (χ4v) is 2.41. The smallest absolute Gasteiger partial charge is 0.152 e. The van der Waals surface area contributed by atoms with Gasteiger partial charge in [-0.15, -0.1) is 0 Å². The average Bonchev–Trinajstić information content (AvgIpc) is 2.03. The number of rotatable bonds is 6. The van der Waals surface area contributed by atoms with E-state index in [0.717, 1.165) is 12.8 Å². The number of halogens is 1. The van der Waals surface area contributed by atoms with E-state index in [4.69, 9.17) is 0 Å². The van der Waals surface area contributed by atoms with Crippen LogP contribution in [-0.2, 0) is 9.84 Å². The first-order valence-electron chi connectivity index (χ1n) is 5.13. The molecule has 0 saturated heterocycles. The zero-order chi connectivity index (χ0) is 11.4. The quantitative estimate of drug-likeness (QED) is 0.703. The van der Waals surface area contributed by atoms with Crippen LogP contribution in [0.1, 0.15) is 40.5 Å². The highest BCUT2D eigenvalue weighted by molar-refractivity contribution is 9.09. The summed E-state index contributed by atoms with van der Waals surface area (Å²) in [6, 6.07) is 0. The van der Waals surface area contributed by atoms with Crippen molar-refractivity contribution in [1.29, 1.82) is 0 Å². The van der Waals surface area contributed by atoms with Crippen LogP contribution in [0.15, 0.2) is 0 Å². The summed E-state index contributed by atoms with van der Waals surface area (Å²) in [6.45, 7) is 7.75. The lowest BCUT2D eigenvalue weighted by molar-refractivity contribution is 0.560. The van der Waals surface area contributed by atoms with Gasteiger partial charge in [-0.2, -0.15) is 0 Å². The first-order chi connectivity index (χ1) is 6.27. The standard InChI is InChI=1S/C10H21BrO2S/c1-8(2)10(11)6-5-7-14(12,13)9(3)4/h8-10H,5-7H2,1-4H3.